The minimum Gasteiger partial charge on any atom is -0.460 e. The van der Waals surface area contributed by atoms with E-state index in [1.54, 1.807) is 13.8 Å². The van der Waals surface area contributed by atoms with Crippen molar-refractivity contribution in [3.8, 4) is 0 Å². The number of carbonyl (C=O) groups is 2. The number of carbonyl (C=O) groups excluding carboxylic acids is 2. The molecule has 8 nitrogen and oxygen atoms in total. The quantitative estimate of drug-likeness (QED) is 0.179. The largest absolute Gasteiger partial charge is 0.460 e. The van der Waals surface area contributed by atoms with Crippen LogP contribution in [0.15, 0.2) is 66.7 Å². The highest BCUT2D eigenvalue weighted by Crippen LogP contribution is 2.50. The molecule has 242 valence electrons. The van der Waals surface area contributed by atoms with Gasteiger partial charge in [0.15, 0.2) is 0 Å². The molecule has 1 saturated heterocycles. The fourth-order valence-corrected chi connectivity index (χ4v) is 6.21. The Morgan fingerprint density at radius 2 is 1.82 bits per heavy atom. The lowest BCUT2D eigenvalue weighted by Crippen LogP contribution is -2.53. The maximum Gasteiger partial charge on any atom is 0.311 e. The van der Waals surface area contributed by atoms with E-state index < -0.39 is 65.2 Å². The van der Waals surface area contributed by atoms with Crippen molar-refractivity contribution >= 4 is 35.1 Å². The second-order valence-corrected chi connectivity index (χ2v) is 12.8. The summed E-state index contributed by atoms with van der Waals surface area (Å²) in [4.78, 5) is 27.1. The van der Waals surface area contributed by atoms with Crippen LogP contribution in [0, 0.1) is 17.0 Å². The van der Waals surface area contributed by atoms with Gasteiger partial charge < -0.3 is 31.3 Å². The first-order valence-corrected chi connectivity index (χ1v) is 15.3. The van der Waals surface area contributed by atoms with Crippen LogP contribution in [0.5, 0.6) is 0 Å². The van der Waals surface area contributed by atoms with Gasteiger partial charge in [-0.05, 0) is 56.0 Å². The average Bonchev–Trinajstić information content (AvgIpc) is 3.29. The van der Waals surface area contributed by atoms with Crippen molar-refractivity contribution in [1.29, 1.82) is 0 Å². The zero-order valence-corrected chi connectivity index (χ0v) is 26.4. The molecule has 0 aliphatic carbocycles. The predicted octanol–water partition coefficient (Wildman–Crippen LogP) is 4.57. The molecule has 1 heterocycles. The Balaban J connectivity index is 1.77. The van der Waals surface area contributed by atoms with Crippen LogP contribution in [-0.4, -0.2) is 53.4 Å². The molecule has 1 amide bonds. The van der Waals surface area contributed by atoms with E-state index in [1.165, 1.54) is 30.3 Å². The third-order valence-corrected chi connectivity index (χ3v) is 8.80. The van der Waals surface area contributed by atoms with Gasteiger partial charge in [-0.1, -0.05) is 71.7 Å². The zero-order valence-electron chi connectivity index (χ0n) is 24.9. The first-order valence-electron chi connectivity index (χ1n) is 14.5. The minimum absolute atomic E-state index is 0.0155. The lowest BCUT2D eigenvalue weighted by molar-refractivity contribution is -0.156. The summed E-state index contributed by atoms with van der Waals surface area (Å²) >= 11 is 12.2. The molecule has 1 aliphatic heterocycles. The number of benzene rings is 3. The topological polar surface area (TPSA) is 134 Å². The number of nitrogens with two attached hydrogens (primary N) is 1. The first-order chi connectivity index (χ1) is 21.3. The van der Waals surface area contributed by atoms with Crippen molar-refractivity contribution in [2.75, 3.05) is 13.2 Å². The van der Waals surface area contributed by atoms with E-state index in [2.05, 4.69) is 10.6 Å². The number of hydrogen-bond donors (Lipinski definition) is 5. The fraction of sp³-hybridized carbons (Fsp3) is 0.394. The van der Waals surface area contributed by atoms with Gasteiger partial charge in [0.05, 0.1) is 34.7 Å². The summed E-state index contributed by atoms with van der Waals surface area (Å²) in [5, 5.41) is 24.7. The Hall–Kier alpha value is -3.12. The van der Waals surface area contributed by atoms with Gasteiger partial charge in [-0.3, -0.25) is 9.59 Å². The van der Waals surface area contributed by atoms with E-state index in [4.69, 9.17) is 38.8 Å². The molecule has 12 heteroatoms. The third-order valence-electron chi connectivity index (χ3n) is 8.27. The molecule has 4 rings (SSSR count). The smallest absolute Gasteiger partial charge is 0.311 e. The Morgan fingerprint density at radius 1 is 1.11 bits per heavy atom. The third kappa shape index (κ3) is 7.65. The number of amides is 1. The molecule has 1 fully saturated rings. The van der Waals surface area contributed by atoms with Crippen molar-refractivity contribution in [1.82, 2.24) is 10.6 Å². The highest BCUT2D eigenvalue weighted by atomic mass is 35.5. The summed E-state index contributed by atoms with van der Waals surface area (Å²) in [5.74, 6) is -3.99. The van der Waals surface area contributed by atoms with E-state index in [9.17, 15) is 14.7 Å². The van der Waals surface area contributed by atoms with Crippen molar-refractivity contribution in [2.24, 2.45) is 11.1 Å². The summed E-state index contributed by atoms with van der Waals surface area (Å²) in [6.45, 7) is 2.83. The zero-order chi connectivity index (χ0) is 32.9. The van der Waals surface area contributed by atoms with E-state index in [-0.39, 0.29) is 47.2 Å². The molecule has 0 aromatic heterocycles. The summed E-state index contributed by atoms with van der Waals surface area (Å²) in [5.41, 5.74) is 4.90. The van der Waals surface area contributed by atoms with Gasteiger partial charge in [-0.15, -0.1) is 0 Å². The normalized spacial score (nSPS) is 22.2. The Kier molecular flexibility index (Phi) is 11.2. The summed E-state index contributed by atoms with van der Waals surface area (Å²) < 4.78 is 37.2. The maximum atomic E-state index is 15.8. The number of aliphatic hydroxyl groups excluding tert-OH is 2. The standard InChI is InChI=1S/C33H37Cl2F2N3O5/c1-32(2,31(44)45-18-19-7-4-3-5-8-19)16-26-33(38,23-12-11-20(34)15-25(23)36)27(22-9-6-10-24(35)28(22)37)29(40-26)30(43)39-14-13-21(42)17-41/h3-12,15,21,26-27,29,40-42H,13-14,16-18,38H2,1-2H3,(H,39,43)/t21-,26-,27-,29+,33+/m0/s1. The molecular formula is C33H37Cl2F2N3O5. The monoisotopic (exact) mass is 663 g/mol. The molecule has 1 aliphatic rings. The molecular weight excluding hydrogens is 627 g/mol. The highest BCUT2D eigenvalue weighted by molar-refractivity contribution is 6.31. The van der Waals surface area contributed by atoms with Crippen LogP contribution in [0.25, 0.3) is 0 Å². The minimum atomic E-state index is -1.82. The fourth-order valence-electron chi connectivity index (χ4n) is 5.87. The summed E-state index contributed by atoms with van der Waals surface area (Å²) in [6.07, 6.45) is -1.05. The van der Waals surface area contributed by atoms with Crippen LogP contribution in [-0.2, 0) is 26.5 Å². The second kappa shape index (κ2) is 14.5. The summed E-state index contributed by atoms with van der Waals surface area (Å²) in [6, 6.07) is 15.1. The van der Waals surface area contributed by atoms with Crippen molar-refractivity contribution in [3.05, 3.63) is 105 Å². The van der Waals surface area contributed by atoms with Gasteiger partial charge in [-0.25, -0.2) is 8.78 Å². The Morgan fingerprint density at radius 3 is 2.49 bits per heavy atom. The average molecular weight is 665 g/mol. The molecule has 45 heavy (non-hydrogen) atoms. The highest BCUT2D eigenvalue weighted by Gasteiger charge is 2.59. The molecule has 0 spiro atoms. The molecule has 0 bridgehead atoms. The van der Waals surface area contributed by atoms with Gasteiger partial charge in [-0.2, -0.15) is 0 Å². The molecule has 6 N–H and O–H groups in total. The van der Waals surface area contributed by atoms with Crippen molar-refractivity contribution in [3.63, 3.8) is 0 Å². The van der Waals surface area contributed by atoms with Crippen LogP contribution in [0.4, 0.5) is 8.78 Å². The lowest BCUT2D eigenvalue weighted by Gasteiger charge is -2.40. The van der Waals surface area contributed by atoms with Gasteiger partial charge in [0.1, 0.15) is 18.2 Å². The maximum absolute atomic E-state index is 15.8. The van der Waals surface area contributed by atoms with E-state index in [0.29, 0.717) is 0 Å². The number of esters is 1. The molecule has 5 atom stereocenters. The number of ether oxygens (including phenoxy) is 1. The predicted molar refractivity (Wildman–Crippen MR) is 167 cm³/mol. The first kappa shape index (κ1) is 34.7. The van der Waals surface area contributed by atoms with Gasteiger partial charge in [0.25, 0.3) is 0 Å². The van der Waals surface area contributed by atoms with Crippen molar-refractivity contribution in [2.45, 2.75) is 62.9 Å². The number of nitrogens with one attached hydrogen (secondary N) is 2. The van der Waals surface area contributed by atoms with E-state index in [0.717, 1.165) is 11.6 Å². The van der Waals surface area contributed by atoms with Crippen molar-refractivity contribution < 1.29 is 33.3 Å². The van der Waals surface area contributed by atoms with Gasteiger partial charge in [0, 0.05) is 29.1 Å². The number of rotatable bonds is 12. The van der Waals surface area contributed by atoms with Crippen LogP contribution < -0.4 is 16.4 Å². The molecule has 3 aromatic carbocycles. The molecule has 0 saturated carbocycles. The number of hydrogen-bond acceptors (Lipinski definition) is 7. The molecule has 0 unspecified atom stereocenters. The second-order valence-electron chi connectivity index (χ2n) is 11.9. The molecule has 3 aromatic rings. The van der Waals surface area contributed by atoms with Crippen LogP contribution in [0.1, 0.15) is 49.3 Å². The van der Waals surface area contributed by atoms with E-state index >= 15 is 8.78 Å². The van der Waals surface area contributed by atoms with Crippen LogP contribution in [0.2, 0.25) is 10.0 Å². The van der Waals surface area contributed by atoms with E-state index in [1.807, 2.05) is 30.3 Å². The van der Waals surface area contributed by atoms with Crippen LogP contribution in [0.3, 0.4) is 0 Å². The van der Waals surface area contributed by atoms with Gasteiger partial charge in [0.2, 0.25) is 5.91 Å². The Bertz CT molecular complexity index is 1510. The Labute approximate surface area is 270 Å². The van der Waals surface area contributed by atoms with Crippen LogP contribution >= 0.6 is 23.2 Å². The van der Waals surface area contributed by atoms with Gasteiger partial charge >= 0.3 is 5.97 Å². The molecule has 0 radical (unpaired) electrons. The number of halogens is 4. The summed E-state index contributed by atoms with van der Waals surface area (Å²) in [7, 11) is 0. The number of aliphatic hydroxyl groups is 2. The lowest BCUT2D eigenvalue weighted by atomic mass is 9.68. The SMILES string of the molecule is CC(C)(C[C@@H]1N[C@@H](C(=O)NCC[C@H](O)CO)[C@H](c2cccc(Cl)c2F)[C@@]1(N)c1ccc(Cl)cc1F)C(=O)OCc1ccccc1.